The average Bonchev–Trinajstić information content (AvgIpc) is 3.13. The van der Waals surface area contributed by atoms with Crippen LogP contribution >= 0.6 is 0 Å². The fourth-order valence-electron chi connectivity index (χ4n) is 8.15. The number of fused-ring (bicyclic) bond motifs is 1. The SMILES string of the molecule is CC.CC(C)C(C)CC[C@@H](C)[C@H]1CCC2[C@H](CC(=O)O)C([C@@]3(C)CC[C@H](O)CC3=O)CC[C@@]21C. The number of carbonyl (C=O) groups excluding carboxylic acids is 1. The van der Waals surface area contributed by atoms with Crippen LogP contribution in [0.4, 0.5) is 0 Å². The monoisotopic (exact) mass is 478 g/mol. The van der Waals surface area contributed by atoms with Crippen molar-refractivity contribution in [3.05, 3.63) is 0 Å². The Morgan fingerprint density at radius 3 is 2.18 bits per heavy atom. The Labute approximate surface area is 209 Å². The highest BCUT2D eigenvalue weighted by molar-refractivity contribution is 5.86. The number of aliphatic hydroxyl groups is 1. The Hall–Kier alpha value is -0.900. The number of hydrogen-bond donors (Lipinski definition) is 2. The molecule has 3 unspecified atom stereocenters. The van der Waals surface area contributed by atoms with Crippen LogP contribution in [0.15, 0.2) is 0 Å². The number of aliphatic hydroxyl groups excluding tert-OH is 1. The molecule has 0 aromatic rings. The molecule has 3 rings (SSSR count). The van der Waals surface area contributed by atoms with E-state index in [2.05, 4.69) is 41.5 Å². The summed E-state index contributed by atoms with van der Waals surface area (Å²) in [5, 5.41) is 19.8. The highest BCUT2D eigenvalue weighted by atomic mass is 16.4. The van der Waals surface area contributed by atoms with Crippen molar-refractivity contribution >= 4 is 11.8 Å². The van der Waals surface area contributed by atoms with Crippen molar-refractivity contribution in [1.29, 1.82) is 0 Å². The normalized spacial score (nSPS) is 39.7. The maximum atomic E-state index is 13.1. The van der Waals surface area contributed by atoms with E-state index < -0.39 is 17.5 Å². The molecule has 3 aliphatic rings. The van der Waals surface area contributed by atoms with Crippen molar-refractivity contribution in [2.75, 3.05) is 0 Å². The zero-order valence-corrected chi connectivity index (χ0v) is 23.4. The molecule has 3 fully saturated rings. The summed E-state index contributed by atoms with van der Waals surface area (Å²) in [6.07, 6.45) is 8.15. The second-order valence-corrected chi connectivity index (χ2v) is 12.7. The molecule has 0 aromatic carbocycles. The molecule has 2 N–H and O–H groups in total. The van der Waals surface area contributed by atoms with Gasteiger partial charge in [0.25, 0.3) is 0 Å². The van der Waals surface area contributed by atoms with Gasteiger partial charge in [-0.1, -0.05) is 68.2 Å². The van der Waals surface area contributed by atoms with E-state index in [1.807, 2.05) is 13.8 Å². The molecular formula is C30H54O4. The predicted molar refractivity (Wildman–Crippen MR) is 140 cm³/mol. The fourth-order valence-corrected chi connectivity index (χ4v) is 8.15. The third-order valence-electron chi connectivity index (χ3n) is 10.7. The van der Waals surface area contributed by atoms with Crippen molar-refractivity contribution < 1.29 is 19.8 Å². The summed E-state index contributed by atoms with van der Waals surface area (Å²) >= 11 is 0. The zero-order valence-electron chi connectivity index (χ0n) is 23.4. The molecule has 34 heavy (non-hydrogen) atoms. The van der Waals surface area contributed by atoms with E-state index in [0.717, 1.165) is 31.1 Å². The molecule has 3 saturated carbocycles. The molecule has 198 valence electrons. The van der Waals surface area contributed by atoms with Crippen molar-refractivity contribution in [2.24, 2.45) is 52.3 Å². The quantitative estimate of drug-likeness (QED) is 0.382. The van der Waals surface area contributed by atoms with E-state index in [1.165, 1.54) is 19.3 Å². The van der Waals surface area contributed by atoms with E-state index in [-0.39, 0.29) is 35.9 Å². The van der Waals surface area contributed by atoms with Crippen LogP contribution < -0.4 is 0 Å². The molecule has 0 saturated heterocycles. The lowest BCUT2D eigenvalue weighted by molar-refractivity contribution is -0.151. The first-order chi connectivity index (χ1) is 15.9. The van der Waals surface area contributed by atoms with Gasteiger partial charge in [-0.3, -0.25) is 9.59 Å². The van der Waals surface area contributed by atoms with Crippen LogP contribution in [-0.2, 0) is 9.59 Å². The molecule has 0 spiro atoms. The van der Waals surface area contributed by atoms with Crippen LogP contribution in [0, 0.1) is 52.3 Å². The van der Waals surface area contributed by atoms with E-state index in [4.69, 9.17) is 0 Å². The number of carbonyl (C=O) groups is 2. The number of rotatable bonds is 8. The summed E-state index contributed by atoms with van der Waals surface area (Å²) < 4.78 is 0. The third kappa shape index (κ3) is 5.90. The number of ketones is 1. The maximum absolute atomic E-state index is 13.1. The third-order valence-corrected chi connectivity index (χ3v) is 10.7. The molecule has 0 aliphatic heterocycles. The van der Waals surface area contributed by atoms with Gasteiger partial charge < -0.3 is 10.2 Å². The van der Waals surface area contributed by atoms with Gasteiger partial charge >= 0.3 is 5.97 Å². The second kappa shape index (κ2) is 11.9. The number of aliphatic carboxylic acids is 1. The first-order valence-corrected chi connectivity index (χ1v) is 14.3. The number of carboxylic acid groups (broad SMARTS) is 1. The van der Waals surface area contributed by atoms with Crippen molar-refractivity contribution in [2.45, 2.75) is 126 Å². The molecular weight excluding hydrogens is 424 g/mol. The summed E-state index contributed by atoms with van der Waals surface area (Å²) in [6.45, 7) is 17.9. The van der Waals surface area contributed by atoms with Gasteiger partial charge in [0.15, 0.2) is 0 Å². The van der Waals surface area contributed by atoms with E-state index in [1.54, 1.807) is 0 Å². The smallest absolute Gasteiger partial charge is 0.303 e. The second-order valence-electron chi connectivity index (χ2n) is 12.7. The van der Waals surface area contributed by atoms with E-state index >= 15 is 0 Å². The van der Waals surface area contributed by atoms with Gasteiger partial charge in [-0.15, -0.1) is 0 Å². The fraction of sp³-hybridized carbons (Fsp3) is 0.933. The van der Waals surface area contributed by atoms with Crippen LogP contribution in [-0.4, -0.2) is 28.1 Å². The minimum Gasteiger partial charge on any atom is -0.481 e. The molecule has 4 heteroatoms. The molecule has 0 aromatic heterocycles. The van der Waals surface area contributed by atoms with Crippen molar-refractivity contribution in [3.63, 3.8) is 0 Å². The van der Waals surface area contributed by atoms with Gasteiger partial charge in [0.05, 0.1) is 6.10 Å². The van der Waals surface area contributed by atoms with Gasteiger partial charge in [0.2, 0.25) is 0 Å². The number of Topliss-reactive ketones (excluding diaryl/α,β-unsaturated/α-hetero) is 1. The topological polar surface area (TPSA) is 74.6 Å². The lowest BCUT2D eigenvalue weighted by atomic mass is 9.49. The van der Waals surface area contributed by atoms with Gasteiger partial charge in [-0.05, 0) is 85.4 Å². The van der Waals surface area contributed by atoms with Crippen molar-refractivity contribution in [3.8, 4) is 0 Å². The molecule has 0 bridgehead atoms. The summed E-state index contributed by atoms with van der Waals surface area (Å²) in [6, 6.07) is 0. The Morgan fingerprint density at radius 1 is 0.971 bits per heavy atom. The Balaban J connectivity index is 0.00000199. The largest absolute Gasteiger partial charge is 0.481 e. The molecule has 0 amide bonds. The zero-order chi connectivity index (χ0) is 25.8. The van der Waals surface area contributed by atoms with Gasteiger partial charge in [-0.25, -0.2) is 0 Å². The molecule has 0 radical (unpaired) electrons. The van der Waals surface area contributed by atoms with Gasteiger partial charge in [0.1, 0.15) is 5.78 Å². The highest BCUT2D eigenvalue weighted by Crippen LogP contribution is 2.64. The first kappa shape index (κ1) is 29.3. The number of hydrogen-bond acceptors (Lipinski definition) is 3. The summed E-state index contributed by atoms with van der Waals surface area (Å²) in [5.74, 6) is 2.81. The summed E-state index contributed by atoms with van der Waals surface area (Å²) in [5.41, 5.74) is -0.290. The molecule has 0 heterocycles. The molecule has 4 nitrogen and oxygen atoms in total. The predicted octanol–water partition coefficient (Wildman–Crippen LogP) is 7.37. The average molecular weight is 479 g/mol. The Bertz CT molecular complexity index is 687. The maximum Gasteiger partial charge on any atom is 0.303 e. The molecule has 3 aliphatic carbocycles. The van der Waals surface area contributed by atoms with Gasteiger partial charge in [0, 0.05) is 18.3 Å². The van der Waals surface area contributed by atoms with E-state index in [9.17, 15) is 19.8 Å². The van der Waals surface area contributed by atoms with Crippen LogP contribution in [0.2, 0.25) is 0 Å². The van der Waals surface area contributed by atoms with Gasteiger partial charge in [-0.2, -0.15) is 0 Å². The molecule has 9 atom stereocenters. The van der Waals surface area contributed by atoms with E-state index in [0.29, 0.717) is 30.6 Å². The minimum atomic E-state index is -0.724. The van der Waals surface area contributed by atoms with Crippen LogP contribution in [0.5, 0.6) is 0 Å². The van der Waals surface area contributed by atoms with Crippen molar-refractivity contribution in [1.82, 2.24) is 0 Å². The lowest BCUT2D eigenvalue weighted by Crippen LogP contribution is -2.52. The lowest BCUT2D eigenvalue weighted by Gasteiger charge is -2.54. The number of carboxylic acids is 1. The van der Waals surface area contributed by atoms with Crippen LogP contribution in [0.1, 0.15) is 120 Å². The van der Waals surface area contributed by atoms with Crippen LogP contribution in [0.3, 0.4) is 0 Å². The Kier molecular flexibility index (Phi) is 10.3. The standard InChI is InChI=1S/C28H48O4.C2H6/c1-17(2)18(3)7-8-19(4)22-9-10-23-21(16-26(31)32)24(12-14-27(22,23)5)28(6)13-11-20(29)15-25(28)30;1-2/h17-24,29H,7-16H2,1-6H3,(H,31,32);1-2H3/t18?,19-,20+,21+,22-,23?,24?,27-,28-;/m1./s1. The van der Waals surface area contributed by atoms with Crippen LogP contribution in [0.25, 0.3) is 0 Å². The Morgan fingerprint density at radius 2 is 1.62 bits per heavy atom. The first-order valence-electron chi connectivity index (χ1n) is 14.3. The highest BCUT2D eigenvalue weighted by Gasteiger charge is 2.59. The summed E-state index contributed by atoms with van der Waals surface area (Å²) in [4.78, 5) is 25.1. The minimum absolute atomic E-state index is 0.0715. The summed E-state index contributed by atoms with van der Waals surface area (Å²) in [7, 11) is 0.